The van der Waals surface area contributed by atoms with Crippen LogP contribution in [0.2, 0.25) is 0 Å². The molecule has 0 saturated heterocycles. The molecule has 0 aromatic rings. The van der Waals surface area contributed by atoms with E-state index in [1.807, 2.05) is 14.0 Å². The van der Waals surface area contributed by atoms with Crippen LogP contribution in [-0.2, 0) is 9.53 Å². The first kappa shape index (κ1) is 15.4. The van der Waals surface area contributed by atoms with Gasteiger partial charge in [0, 0.05) is 32.7 Å². The van der Waals surface area contributed by atoms with Gasteiger partial charge in [0.1, 0.15) is 0 Å². The van der Waals surface area contributed by atoms with Crippen molar-refractivity contribution in [3.63, 3.8) is 0 Å². The number of likely N-dealkylation sites (N-methyl/N-ethyl adjacent to an activating group) is 1. The Labute approximate surface area is 111 Å². The number of carbonyl (C=O) groups is 1. The fraction of sp³-hybridized carbons (Fsp3) is 0.929. The van der Waals surface area contributed by atoms with Gasteiger partial charge in [-0.05, 0) is 32.1 Å². The standard InChI is InChI=1S/C14H28N2O2/c1-3-18-10-9-16(2)14(17)8-7-12-5-4-6-13(15)11-12/h12-13H,3-11,15H2,1-2H3. The summed E-state index contributed by atoms with van der Waals surface area (Å²) in [6.45, 7) is 4.00. The van der Waals surface area contributed by atoms with Crippen LogP contribution in [0.1, 0.15) is 45.4 Å². The van der Waals surface area contributed by atoms with Gasteiger partial charge in [-0.15, -0.1) is 0 Å². The third kappa shape index (κ3) is 5.83. The minimum atomic E-state index is 0.230. The van der Waals surface area contributed by atoms with Crippen molar-refractivity contribution in [2.75, 3.05) is 26.8 Å². The molecule has 1 rings (SSSR count). The summed E-state index contributed by atoms with van der Waals surface area (Å²) in [5.74, 6) is 0.881. The molecule has 1 amide bonds. The predicted molar refractivity (Wildman–Crippen MR) is 73.3 cm³/mol. The van der Waals surface area contributed by atoms with Gasteiger partial charge in [-0.1, -0.05) is 12.8 Å². The minimum absolute atomic E-state index is 0.230. The number of rotatable bonds is 7. The second-order valence-corrected chi connectivity index (χ2v) is 5.34. The SMILES string of the molecule is CCOCCN(C)C(=O)CCC1CCCC(N)C1. The number of carbonyl (C=O) groups excluding carboxylic acids is 1. The number of hydrogen-bond donors (Lipinski definition) is 1. The van der Waals surface area contributed by atoms with E-state index in [2.05, 4.69) is 0 Å². The van der Waals surface area contributed by atoms with Gasteiger partial charge in [0.2, 0.25) is 5.91 Å². The molecule has 4 heteroatoms. The molecule has 0 aliphatic heterocycles. The Morgan fingerprint density at radius 1 is 1.44 bits per heavy atom. The number of amides is 1. The zero-order chi connectivity index (χ0) is 13.4. The van der Waals surface area contributed by atoms with Crippen LogP contribution in [-0.4, -0.2) is 43.7 Å². The molecule has 1 saturated carbocycles. The van der Waals surface area contributed by atoms with Crippen molar-refractivity contribution in [2.24, 2.45) is 11.7 Å². The highest BCUT2D eigenvalue weighted by Gasteiger charge is 2.20. The van der Waals surface area contributed by atoms with Crippen LogP contribution in [0.5, 0.6) is 0 Å². The van der Waals surface area contributed by atoms with Crippen molar-refractivity contribution in [1.29, 1.82) is 0 Å². The molecule has 0 radical (unpaired) electrons. The Morgan fingerprint density at radius 3 is 2.89 bits per heavy atom. The maximum atomic E-state index is 11.9. The van der Waals surface area contributed by atoms with Crippen molar-refractivity contribution in [2.45, 2.75) is 51.5 Å². The van der Waals surface area contributed by atoms with E-state index in [-0.39, 0.29) is 5.91 Å². The van der Waals surface area contributed by atoms with E-state index in [4.69, 9.17) is 10.5 Å². The van der Waals surface area contributed by atoms with Crippen LogP contribution in [0, 0.1) is 5.92 Å². The highest BCUT2D eigenvalue weighted by molar-refractivity contribution is 5.75. The summed E-state index contributed by atoms with van der Waals surface area (Å²) >= 11 is 0. The molecule has 1 aliphatic rings. The highest BCUT2D eigenvalue weighted by Crippen LogP contribution is 2.26. The van der Waals surface area contributed by atoms with Gasteiger partial charge in [0.05, 0.1) is 6.61 Å². The molecule has 4 nitrogen and oxygen atoms in total. The van der Waals surface area contributed by atoms with E-state index in [0.717, 1.165) is 19.3 Å². The topological polar surface area (TPSA) is 55.6 Å². The zero-order valence-corrected chi connectivity index (χ0v) is 11.9. The summed E-state index contributed by atoms with van der Waals surface area (Å²) in [6.07, 6.45) is 6.35. The second-order valence-electron chi connectivity index (χ2n) is 5.34. The first-order chi connectivity index (χ1) is 8.63. The quantitative estimate of drug-likeness (QED) is 0.706. The number of nitrogens with two attached hydrogens (primary N) is 1. The van der Waals surface area contributed by atoms with Crippen LogP contribution < -0.4 is 5.73 Å². The molecule has 18 heavy (non-hydrogen) atoms. The van der Waals surface area contributed by atoms with Gasteiger partial charge in [0.25, 0.3) is 0 Å². The highest BCUT2D eigenvalue weighted by atomic mass is 16.5. The fourth-order valence-corrected chi connectivity index (χ4v) is 2.58. The van der Waals surface area contributed by atoms with Crippen LogP contribution in [0.25, 0.3) is 0 Å². The smallest absolute Gasteiger partial charge is 0.222 e. The van der Waals surface area contributed by atoms with E-state index in [1.54, 1.807) is 4.90 Å². The van der Waals surface area contributed by atoms with Gasteiger partial charge in [-0.2, -0.15) is 0 Å². The third-order valence-electron chi connectivity index (χ3n) is 3.79. The van der Waals surface area contributed by atoms with Crippen LogP contribution in [0.15, 0.2) is 0 Å². The van der Waals surface area contributed by atoms with Gasteiger partial charge in [-0.3, -0.25) is 4.79 Å². The second kappa shape index (κ2) is 8.48. The molecule has 106 valence electrons. The number of ether oxygens (including phenoxy) is 1. The summed E-state index contributed by atoms with van der Waals surface area (Å²) in [4.78, 5) is 13.7. The van der Waals surface area contributed by atoms with Crippen molar-refractivity contribution >= 4 is 5.91 Å². The molecule has 1 fully saturated rings. The Kier molecular flexibility index (Phi) is 7.28. The Balaban J connectivity index is 2.15. The predicted octanol–water partition coefficient (Wildman–Crippen LogP) is 1.78. The lowest BCUT2D eigenvalue weighted by molar-refractivity contribution is -0.130. The Hall–Kier alpha value is -0.610. The van der Waals surface area contributed by atoms with Crippen LogP contribution in [0.4, 0.5) is 0 Å². The molecular weight excluding hydrogens is 228 g/mol. The van der Waals surface area contributed by atoms with Crippen molar-refractivity contribution in [1.82, 2.24) is 4.90 Å². The lowest BCUT2D eigenvalue weighted by Gasteiger charge is -2.27. The lowest BCUT2D eigenvalue weighted by atomic mass is 9.83. The van der Waals surface area contributed by atoms with Gasteiger partial charge < -0.3 is 15.4 Å². The summed E-state index contributed by atoms with van der Waals surface area (Å²) in [7, 11) is 1.86. The first-order valence-corrected chi connectivity index (χ1v) is 7.20. The minimum Gasteiger partial charge on any atom is -0.380 e. The molecule has 2 unspecified atom stereocenters. The van der Waals surface area contributed by atoms with E-state index in [0.29, 0.717) is 38.1 Å². The number of hydrogen-bond acceptors (Lipinski definition) is 3. The summed E-state index contributed by atoms with van der Waals surface area (Å²) in [6, 6.07) is 0.356. The molecule has 0 spiro atoms. The normalized spacial score (nSPS) is 23.9. The summed E-state index contributed by atoms with van der Waals surface area (Å²) in [5.41, 5.74) is 5.96. The number of nitrogens with zero attached hydrogens (tertiary/aromatic N) is 1. The maximum Gasteiger partial charge on any atom is 0.222 e. The van der Waals surface area contributed by atoms with E-state index in [1.165, 1.54) is 12.8 Å². The van der Waals surface area contributed by atoms with Crippen molar-refractivity contribution in [3.8, 4) is 0 Å². The Morgan fingerprint density at radius 2 is 2.22 bits per heavy atom. The van der Waals surface area contributed by atoms with E-state index in [9.17, 15) is 4.79 Å². The third-order valence-corrected chi connectivity index (χ3v) is 3.79. The van der Waals surface area contributed by atoms with Crippen molar-refractivity contribution in [3.05, 3.63) is 0 Å². The van der Waals surface area contributed by atoms with E-state index >= 15 is 0 Å². The van der Waals surface area contributed by atoms with Crippen LogP contribution in [0.3, 0.4) is 0 Å². The lowest BCUT2D eigenvalue weighted by Crippen LogP contribution is -2.32. The van der Waals surface area contributed by atoms with Gasteiger partial charge in [-0.25, -0.2) is 0 Å². The molecule has 2 N–H and O–H groups in total. The van der Waals surface area contributed by atoms with E-state index < -0.39 is 0 Å². The largest absolute Gasteiger partial charge is 0.380 e. The molecule has 0 heterocycles. The summed E-state index contributed by atoms with van der Waals surface area (Å²) in [5, 5.41) is 0. The van der Waals surface area contributed by atoms with Gasteiger partial charge >= 0.3 is 0 Å². The zero-order valence-electron chi connectivity index (χ0n) is 11.9. The molecular formula is C14H28N2O2. The van der Waals surface area contributed by atoms with Gasteiger partial charge in [0.15, 0.2) is 0 Å². The molecule has 2 atom stereocenters. The van der Waals surface area contributed by atoms with Crippen LogP contribution >= 0.6 is 0 Å². The monoisotopic (exact) mass is 256 g/mol. The fourth-order valence-electron chi connectivity index (χ4n) is 2.58. The first-order valence-electron chi connectivity index (χ1n) is 7.20. The molecule has 0 bridgehead atoms. The Bertz CT molecular complexity index is 246. The van der Waals surface area contributed by atoms with Crippen molar-refractivity contribution < 1.29 is 9.53 Å². The maximum absolute atomic E-state index is 11.9. The summed E-state index contributed by atoms with van der Waals surface area (Å²) < 4.78 is 5.25. The molecule has 1 aliphatic carbocycles. The average molecular weight is 256 g/mol. The molecule has 0 aromatic carbocycles. The average Bonchev–Trinajstić information content (AvgIpc) is 2.36. The molecule has 0 aromatic heterocycles.